The largest absolute Gasteiger partial charge is 0.508 e. The fourth-order valence-corrected chi connectivity index (χ4v) is 4.58. The zero-order valence-electron chi connectivity index (χ0n) is 20.4. The summed E-state index contributed by atoms with van der Waals surface area (Å²) in [6.45, 7) is 3.45. The number of phenols is 1. The van der Waals surface area contributed by atoms with E-state index >= 15 is 0 Å². The van der Waals surface area contributed by atoms with Crippen molar-refractivity contribution in [2.75, 3.05) is 0 Å². The van der Waals surface area contributed by atoms with Crippen molar-refractivity contribution in [3.8, 4) is 16.9 Å². The number of rotatable bonds is 6. The molecule has 1 unspecified atom stereocenters. The van der Waals surface area contributed by atoms with Gasteiger partial charge in [-0.2, -0.15) is 0 Å². The van der Waals surface area contributed by atoms with Crippen LogP contribution >= 0.6 is 0 Å². The summed E-state index contributed by atoms with van der Waals surface area (Å²) in [6.07, 6.45) is 1.15. The number of carbonyl (C=O) groups excluding carboxylic acids is 1. The highest BCUT2D eigenvalue weighted by Gasteiger charge is 2.25. The molecular weight excluding hydrogens is 493 g/mol. The molecule has 0 bridgehead atoms. The van der Waals surface area contributed by atoms with Crippen molar-refractivity contribution in [1.29, 1.82) is 0 Å². The summed E-state index contributed by atoms with van der Waals surface area (Å²) in [5.74, 6) is -2.39. The van der Waals surface area contributed by atoms with Crippen LogP contribution in [-0.2, 0) is 16.0 Å². The summed E-state index contributed by atoms with van der Waals surface area (Å²) in [5.41, 5.74) is 3.06. The smallest absolute Gasteiger partial charge is 0.340 e. The van der Waals surface area contributed by atoms with Gasteiger partial charge in [-0.15, -0.1) is 0 Å². The first-order valence-electron chi connectivity index (χ1n) is 11.7. The number of phenolic OH excluding ortho intramolecular Hbond substituents is 1. The number of hydrogen-bond donors (Lipinski definition) is 3. The van der Waals surface area contributed by atoms with Gasteiger partial charge in [-0.3, -0.25) is 4.79 Å². The zero-order valence-corrected chi connectivity index (χ0v) is 20.4. The zero-order chi connectivity index (χ0) is 27.1. The number of hydrogen-bond acceptors (Lipinski definition) is 6. The fourth-order valence-electron chi connectivity index (χ4n) is 4.58. The van der Waals surface area contributed by atoms with Gasteiger partial charge in [0.2, 0.25) is 5.91 Å². The van der Waals surface area contributed by atoms with Crippen molar-refractivity contribution >= 4 is 33.8 Å². The molecule has 0 saturated heterocycles. The number of aliphatic carboxylic acids is 1. The Kier molecular flexibility index (Phi) is 6.20. The van der Waals surface area contributed by atoms with E-state index in [4.69, 9.17) is 8.83 Å². The number of amides is 1. The third-order valence-electron chi connectivity index (χ3n) is 6.61. The normalized spacial score (nSPS) is 12.1. The maximum atomic E-state index is 13.4. The molecule has 192 valence electrons. The van der Waals surface area contributed by atoms with Crippen molar-refractivity contribution in [2.24, 2.45) is 0 Å². The van der Waals surface area contributed by atoms with Crippen molar-refractivity contribution in [3.05, 3.63) is 99.4 Å². The summed E-state index contributed by atoms with van der Waals surface area (Å²) in [7, 11) is 0. The molecule has 0 aliphatic heterocycles. The Balaban J connectivity index is 1.54. The van der Waals surface area contributed by atoms with Crippen molar-refractivity contribution in [1.82, 2.24) is 5.32 Å². The Morgan fingerprint density at radius 1 is 0.974 bits per heavy atom. The third kappa shape index (κ3) is 4.39. The topological polar surface area (TPSA) is 130 Å². The Bertz CT molecular complexity index is 1770. The van der Waals surface area contributed by atoms with Crippen LogP contribution in [0.5, 0.6) is 5.75 Å². The lowest BCUT2D eigenvalue weighted by Crippen LogP contribution is -2.35. The molecule has 5 rings (SSSR count). The number of aryl methyl sites for hydroxylation is 2. The number of carboxylic acid groups (broad SMARTS) is 1. The first-order valence-corrected chi connectivity index (χ1v) is 11.7. The molecule has 38 heavy (non-hydrogen) atoms. The van der Waals surface area contributed by atoms with Crippen molar-refractivity contribution in [3.63, 3.8) is 0 Å². The monoisotopic (exact) mass is 515 g/mol. The minimum atomic E-state index is -1.37. The molecule has 8 nitrogen and oxygen atoms in total. The van der Waals surface area contributed by atoms with E-state index in [1.54, 1.807) is 38.3 Å². The molecule has 1 amide bonds. The predicted octanol–water partition coefficient (Wildman–Crippen LogP) is 5.15. The van der Waals surface area contributed by atoms with Gasteiger partial charge in [-0.05, 0) is 60.9 Å². The highest BCUT2D eigenvalue weighted by atomic mass is 19.1. The average Bonchev–Trinajstić information content (AvgIpc) is 3.31. The van der Waals surface area contributed by atoms with Gasteiger partial charge in [0.25, 0.3) is 0 Å². The highest BCUT2D eigenvalue weighted by Crippen LogP contribution is 2.37. The van der Waals surface area contributed by atoms with E-state index in [0.717, 1.165) is 16.5 Å². The van der Waals surface area contributed by atoms with Crippen LogP contribution in [0.3, 0.4) is 0 Å². The molecule has 0 saturated carbocycles. The molecule has 0 fully saturated rings. The minimum absolute atomic E-state index is 0.0433. The second-order valence-electron chi connectivity index (χ2n) is 9.01. The van der Waals surface area contributed by atoms with E-state index in [-0.39, 0.29) is 22.7 Å². The molecule has 0 spiro atoms. The minimum Gasteiger partial charge on any atom is -0.508 e. The van der Waals surface area contributed by atoms with Gasteiger partial charge in [-0.25, -0.2) is 14.0 Å². The highest BCUT2D eigenvalue weighted by molar-refractivity contribution is 6.05. The number of halogens is 1. The predicted molar refractivity (Wildman–Crippen MR) is 137 cm³/mol. The number of benzene rings is 3. The summed E-state index contributed by atoms with van der Waals surface area (Å²) in [4.78, 5) is 37.6. The lowest BCUT2D eigenvalue weighted by Gasteiger charge is -2.16. The van der Waals surface area contributed by atoms with E-state index in [1.165, 1.54) is 36.4 Å². The number of furan rings is 1. The second kappa shape index (κ2) is 9.51. The van der Waals surface area contributed by atoms with E-state index in [9.17, 15) is 29.0 Å². The standard InChI is InChI=1S/C29H22FNO7/c1-14-20-11-22-23(16-3-7-18(30)8-4-16)13-37-26(22)15(2)27(20)38-29(36)21(14)12-24(33)31-25(28(34)35)17-5-9-19(32)10-6-17/h3-11,13,25,32H,12H2,1-2H3,(H,31,33)(H,34,35). The van der Waals surface area contributed by atoms with Crippen LogP contribution in [0.2, 0.25) is 0 Å². The van der Waals surface area contributed by atoms with Gasteiger partial charge >= 0.3 is 11.6 Å². The third-order valence-corrected chi connectivity index (χ3v) is 6.61. The first kappa shape index (κ1) is 24.8. The lowest BCUT2D eigenvalue weighted by molar-refractivity contribution is -0.142. The Morgan fingerprint density at radius 2 is 1.66 bits per heavy atom. The van der Waals surface area contributed by atoms with E-state index in [2.05, 4.69) is 5.32 Å². The Hall–Kier alpha value is -4.92. The van der Waals surface area contributed by atoms with Crippen LogP contribution in [-0.4, -0.2) is 22.1 Å². The average molecular weight is 515 g/mol. The SMILES string of the molecule is Cc1c(CC(=O)NC(C(=O)O)c2ccc(O)cc2)c(=O)oc2c(C)c3occ(-c4ccc(F)cc4)c3cc12. The van der Waals surface area contributed by atoms with Crippen LogP contribution in [0.4, 0.5) is 4.39 Å². The molecule has 2 heterocycles. The molecule has 2 aromatic heterocycles. The van der Waals surface area contributed by atoms with Gasteiger partial charge < -0.3 is 24.4 Å². The molecule has 3 aromatic carbocycles. The Labute approximate surface area is 214 Å². The Morgan fingerprint density at radius 3 is 2.32 bits per heavy atom. The number of carbonyl (C=O) groups is 2. The van der Waals surface area contributed by atoms with E-state index in [1.807, 2.05) is 0 Å². The lowest BCUT2D eigenvalue weighted by atomic mass is 9.97. The van der Waals surface area contributed by atoms with Crippen molar-refractivity contribution < 1.29 is 33.0 Å². The molecule has 0 aliphatic rings. The molecule has 5 aromatic rings. The van der Waals surface area contributed by atoms with Crippen LogP contribution in [0.15, 0.2) is 74.5 Å². The number of aromatic hydroxyl groups is 1. The number of fused-ring (bicyclic) bond motifs is 2. The maximum absolute atomic E-state index is 13.4. The van der Waals surface area contributed by atoms with Gasteiger partial charge in [0.15, 0.2) is 6.04 Å². The van der Waals surface area contributed by atoms with Gasteiger partial charge in [0.05, 0.1) is 18.2 Å². The van der Waals surface area contributed by atoms with Crippen molar-refractivity contribution in [2.45, 2.75) is 26.3 Å². The molecule has 0 aliphatic carbocycles. The summed E-state index contributed by atoms with van der Waals surface area (Å²) in [6, 6.07) is 11.8. The maximum Gasteiger partial charge on any atom is 0.340 e. The van der Waals surface area contributed by atoms with E-state index in [0.29, 0.717) is 27.7 Å². The van der Waals surface area contributed by atoms with Gasteiger partial charge in [-0.1, -0.05) is 24.3 Å². The van der Waals surface area contributed by atoms with Crippen LogP contribution in [0, 0.1) is 19.7 Å². The number of carboxylic acids is 1. The number of nitrogens with one attached hydrogen (secondary N) is 1. The molecule has 0 radical (unpaired) electrons. The first-order chi connectivity index (χ1) is 18.1. The van der Waals surface area contributed by atoms with Crippen LogP contribution in [0.1, 0.15) is 28.3 Å². The van der Waals surface area contributed by atoms with Gasteiger partial charge in [0, 0.05) is 21.9 Å². The molecular formula is C29H22FNO7. The summed E-state index contributed by atoms with van der Waals surface area (Å²) < 4.78 is 24.8. The molecule has 3 N–H and O–H groups in total. The van der Waals surface area contributed by atoms with Crippen LogP contribution < -0.4 is 10.9 Å². The summed E-state index contributed by atoms with van der Waals surface area (Å²) in [5, 5.41) is 22.8. The second-order valence-corrected chi connectivity index (χ2v) is 9.01. The fraction of sp³-hybridized carbons (Fsp3) is 0.138. The van der Waals surface area contributed by atoms with E-state index < -0.39 is 30.0 Å². The van der Waals surface area contributed by atoms with Gasteiger partial charge in [0.1, 0.15) is 22.7 Å². The van der Waals surface area contributed by atoms with Crippen LogP contribution in [0.25, 0.3) is 33.1 Å². The molecule has 1 atom stereocenters. The summed E-state index contributed by atoms with van der Waals surface area (Å²) >= 11 is 0. The molecule has 9 heteroatoms. The quantitative estimate of drug-likeness (QED) is 0.267.